The second-order valence-electron chi connectivity index (χ2n) is 7.64. The van der Waals surface area contributed by atoms with Crippen LogP contribution in [0.1, 0.15) is 60.3 Å². The number of piperidine rings is 1. The van der Waals surface area contributed by atoms with Gasteiger partial charge in [-0.2, -0.15) is 0 Å². The van der Waals surface area contributed by atoms with Crippen LogP contribution in [-0.4, -0.2) is 34.5 Å². The minimum absolute atomic E-state index is 0.000972. The summed E-state index contributed by atoms with van der Waals surface area (Å²) in [5, 5.41) is 9.30. The number of hydrogen-bond donors (Lipinski definition) is 1. The maximum atomic E-state index is 12.4. The van der Waals surface area contributed by atoms with Gasteiger partial charge in [0.05, 0.1) is 0 Å². The van der Waals surface area contributed by atoms with E-state index in [2.05, 4.69) is 34.6 Å². The zero-order valence-electron chi connectivity index (χ0n) is 13.5. The minimum atomic E-state index is -0.867. The van der Waals surface area contributed by atoms with E-state index in [1.165, 1.54) is 0 Å². The standard InChI is InChI=1S/C16H29NO3/c1-11-6-7-17(13(8-11)15(19)20)14(18)9-12(2)10-16(3,4)5/h11-13H,6-10H2,1-5H3,(H,19,20). The number of hydrogen-bond acceptors (Lipinski definition) is 2. The van der Waals surface area contributed by atoms with Crippen LogP contribution in [0.15, 0.2) is 0 Å². The SMILES string of the molecule is CC1CCN(C(=O)CC(C)CC(C)(C)C)C(C(=O)O)C1. The van der Waals surface area contributed by atoms with E-state index >= 15 is 0 Å². The van der Waals surface area contributed by atoms with Crippen molar-refractivity contribution in [2.45, 2.75) is 66.3 Å². The van der Waals surface area contributed by atoms with Crippen molar-refractivity contribution in [1.82, 2.24) is 4.90 Å². The molecule has 1 aliphatic rings. The van der Waals surface area contributed by atoms with Crippen molar-refractivity contribution in [3.63, 3.8) is 0 Å². The van der Waals surface area contributed by atoms with Gasteiger partial charge in [0.1, 0.15) is 6.04 Å². The van der Waals surface area contributed by atoms with Crippen LogP contribution in [-0.2, 0) is 9.59 Å². The minimum Gasteiger partial charge on any atom is -0.480 e. The lowest BCUT2D eigenvalue weighted by molar-refractivity contribution is -0.153. The number of carboxylic acids is 1. The first-order valence-corrected chi connectivity index (χ1v) is 7.62. The molecule has 1 fully saturated rings. The summed E-state index contributed by atoms with van der Waals surface area (Å²) in [5.74, 6) is -0.196. The van der Waals surface area contributed by atoms with Gasteiger partial charge >= 0.3 is 5.97 Å². The first-order valence-electron chi connectivity index (χ1n) is 7.62. The predicted octanol–water partition coefficient (Wildman–Crippen LogP) is 3.16. The molecule has 3 atom stereocenters. The molecule has 3 unspecified atom stereocenters. The fourth-order valence-electron chi connectivity index (χ4n) is 3.21. The highest BCUT2D eigenvalue weighted by molar-refractivity contribution is 5.84. The van der Waals surface area contributed by atoms with Gasteiger partial charge in [0.25, 0.3) is 0 Å². The molecule has 1 rings (SSSR count). The van der Waals surface area contributed by atoms with Crippen molar-refractivity contribution < 1.29 is 14.7 Å². The molecule has 1 amide bonds. The van der Waals surface area contributed by atoms with Crippen LogP contribution < -0.4 is 0 Å². The number of nitrogens with zero attached hydrogens (tertiary/aromatic N) is 1. The van der Waals surface area contributed by atoms with E-state index < -0.39 is 12.0 Å². The maximum Gasteiger partial charge on any atom is 0.326 e. The Bertz CT molecular complexity index is 359. The normalized spacial score (nSPS) is 25.4. The lowest BCUT2D eigenvalue weighted by Crippen LogP contribution is -2.50. The summed E-state index contributed by atoms with van der Waals surface area (Å²) in [7, 11) is 0. The Balaban J connectivity index is 2.63. The van der Waals surface area contributed by atoms with Crippen LogP contribution in [0.25, 0.3) is 0 Å². The first kappa shape index (κ1) is 17.0. The molecule has 0 spiro atoms. The summed E-state index contributed by atoms with van der Waals surface area (Å²) in [6.07, 6.45) is 2.91. The topological polar surface area (TPSA) is 57.6 Å². The van der Waals surface area contributed by atoms with Crippen LogP contribution in [0.5, 0.6) is 0 Å². The van der Waals surface area contributed by atoms with E-state index in [1.54, 1.807) is 4.90 Å². The Hall–Kier alpha value is -1.06. The maximum absolute atomic E-state index is 12.4. The van der Waals surface area contributed by atoms with Crippen LogP contribution in [0.4, 0.5) is 0 Å². The van der Waals surface area contributed by atoms with Crippen LogP contribution in [0.3, 0.4) is 0 Å². The average Bonchev–Trinajstić information content (AvgIpc) is 2.25. The van der Waals surface area contributed by atoms with Crippen LogP contribution in [0.2, 0.25) is 0 Å². The van der Waals surface area contributed by atoms with E-state index in [9.17, 15) is 14.7 Å². The second-order valence-corrected chi connectivity index (χ2v) is 7.64. The van der Waals surface area contributed by atoms with E-state index in [0.717, 1.165) is 12.8 Å². The molecule has 0 bridgehead atoms. The molecular weight excluding hydrogens is 254 g/mol. The smallest absolute Gasteiger partial charge is 0.326 e. The third kappa shape index (κ3) is 5.14. The Morgan fingerprint density at radius 2 is 1.95 bits per heavy atom. The summed E-state index contributed by atoms with van der Waals surface area (Å²) in [6, 6.07) is -0.631. The highest BCUT2D eigenvalue weighted by atomic mass is 16.4. The average molecular weight is 283 g/mol. The van der Waals surface area contributed by atoms with Gasteiger partial charge in [-0.3, -0.25) is 4.79 Å². The van der Waals surface area contributed by atoms with E-state index in [1.807, 2.05) is 0 Å². The molecule has 1 heterocycles. The fourth-order valence-corrected chi connectivity index (χ4v) is 3.21. The number of carbonyl (C=O) groups excluding carboxylic acids is 1. The van der Waals surface area contributed by atoms with Crippen molar-refractivity contribution >= 4 is 11.9 Å². The van der Waals surface area contributed by atoms with Crippen molar-refractivity contribution in [2.75, 3.05) is 6.54 Å². The molecule has 20 heavy (non-hydrogen) atoms. The summed E-state index contributed by atoms with van der Waals surface area (Å²) in [6.45, 7) is 11.2. The molecule has 1 N–H and O–H groups in total. The van der Waals surface area contributed by atoms with E-state index in [4.69, 9.17) is 0 Å². The Morgan fingerprint density at radius 3 is 2.45 bits per heavy atom. The molecule has 4 heteroatoms. The van der Waals surface area contributed by atoms with E-state index in [0.29, 0.717) is 25.3 Å². The summed E-state index contributed by atoms with van der Waals surface area (Å²) < 4.78 is 0. The monoisotopic (exact) mass is 283 g/mol. The van der Waals surface area contributed by atoms with Gasteiger partial charge in [-0.1, -0.05) is 34.6 Å². The number of rotatable bonds is 4. The van der Waals surface area contributed by atoms with Crippen molar-refractivity contribution in [3.8, 4) is 0 Å². The third-order valence-electron chi connectivity index (χ3n) is 3.95. The fraction of sp³-hybridized carbons (Fsp3) is 0.875. The molecule has 1 aliphatic heterocycles. The third-order valence-corrected chi connectivity index (χ3v) is 3.95. The molecule has 0 aromatic rings. The lowest BCUT2D eigenvalue weighted by atomic mass is 9.83. The molecular formula is C16H29NO3. The molecule has 0 saturated carbocycles. The quantitative estimate of drug-likeness (QED) is 0.862. The largest absolute Gasteiger partial charge is 0.480 e. The van der Waals surface area contributed by atoms with Crippen LogP contribution in [0, 0.1) is 17.3 Å². The Morgan fingerprint density at radius 1 is 1.35 bits per heavy atom. The highest BCUT2D eigenvalue weighted by Crippen LogP contribution is 2.28. The van der Waals surface area contributed by atoms with E-state index in [-0.39, 0.29) is 17.2 Å². The molecule has 4 nitrogen and oxygen atoms in total. The van der Waals surface area contributed by atoms with Gasteiger partial charge in [0.15, 0.2) is 0 Å². The highest BCUT2D eigenvalue weighted by Gasteiger charge is 2.35. The zero-order chi connectivity index (χ0) is 15.5. The summed E-state index contributed by atoms with van der Waals surface area (Å²) in [4.78, 5) is 25.3. The van der Waals surface area contributed by atoms with Crippen molar-refractivity contribution in [3.05, 3.63) is 0 Å². The number of amides is 1. The van der Waals surface area contributed by atoms with Gasteiger partial charge in [-0.25, -0.2) is 4.79 Å². The molecule has 0 aromatic heterocycles. The molecule has 0 aromatic carbocycles. The second kappa shape index (κ2) is 6.59. The molecule has 1 saturated heterocycles. The lowest BCUT2D eigenvalue weighted by Gasteiger charge is -2.37. The number of likely N-dealkylation sites (tertiary alicyclic amines) is 1. The molecule has 0 aliphatic carbocycles. The van der Waals surface area contributed by atoms with Crippen molar-refractivity contribution in [1.29, 1.82) is 0 Å². The summed E-state index contributed by atoms with van der Waals surface area (Å²) in [5.41, 5.74) is 0.197. The number of aliphatic carboxylic acids is 1. The predicted molar refractivity (Wildman–Crippen MR) is 79.4 cm³/mol. The van der Waals surface area contributed by atoms with Crippen molar-refractivity contribution in [2.24, 2.45) is 17.3 Å². The van der Waals surface area contributed by atoms with Gasteiger partial charge in [0, 0.05) is 13.0 Å². The number of carboxylic acid groups (broad SMARTS) is 1. The molecule has 0 radical (unpaired) electrons. The molecule has 116 valence electrons. The van der Waals surface area contributed by atoms with Gasteiger partial charge in [-0.15, -0.1) is 0 Å². The van der Waals surface area contributed by atoms with Gasteiger partial charge < -0.3 is 10.0 Å². The first-order chi connectivity index (χ1) is 9.10. The van der Waals surface area contributed by atoms with Crippen LogP contribution >= 0.6 is 0 Å². The Labute approximate surface area is 122 Å². The number of carbonyl (C=O) groups is 2. The van der Waals surface area contributed by atoms with Gasteiger partial charge in [0.2, 0.25) is 5.91 Å². The summed E-state index contributed by atoms with van der Waals surface area (Å²) >= 11 is 0. The van der Waals surface area contributed by atoms with Gasteiger partial charge in [-0.05, 0) is 36.5 Å². The zero-order valence-corrected chi connectivity index (χ0v) is 13.5. The Kier molecular flexibility index (Phi) is 5.60.